The molecule has 0 aliphatic rings. The quantitative estimate of drug-likeness (QED) is 0.928. The van der Waals surface area contributed by atoms with E-state index in [2.05, 4.69) is 26.3 Å². The molecule has 1 N–H and O–H groups in total. The van der Waals surface area contributed by atoms with Crippen LogP contribution in [0.4, 0.5) is 0 Å². The second-order valence-electron chi connectivity index (χ2n) is 3.50. The van der Waals surface area contributed by atoms with Crippen molar-refractivity contribution in [2.45, 2.75) is 6.54 Å². The van der Waals surface area contributed by atoms with Gasteiger partial charge < -0.3 is 5.32 Å². The van der Waals surface area contributed by atoms with Gasteiger partial charge in [0.15, 0.2) is 0 Å². The molecule has 1 aromatic carbocycles. The van der Waals surface area contributed by atoms with Crippen LogP contribution in [0.25, 0.3) is 5.69 Å². The molecule has 1 heterocycles. The largest absolute Gasteiger partial charge is 0.314 e. The fourth-order valence-corrected chi connectivity index (χ4v) is 2.14. The van der Waals surface area contributed by atoms with Crippen LogP contribution < -0.4 is 5.32 Å². The van der Waals surface area contributed by atoms with Gasteiger partial charge in [0.2, 0.25) is 0 Å². The van der Waals surface area contributed by atoms with Crippen LogP contribution >= 0.6 is 39.1 Å². The molecule has 0 saturated heterocycles. The smallest absolute Gasteiger partial charge is 0.0908 e. The van der Waals surface area contributed by atoms with Gasteiger partial charge in [-0.05, 0) is 41.2 Å². The highest BCUT2D eigenvalue weighted by molar-refractivity contribution is 9.10. The summed E-state index contributed by atoms with van der Waals surface area (Å²) in [5.41, 5.74) is 1.82. The van der Waals surface area contributed by atoms with Crippen molar-refractivity contribution in [3.63, 3.8) is 0 Å². The number of nitrogens with zero attached hydrogens (tertiary/aromatic N) is 2. The summed E-state index contributed by atoms with van der Waals surface area (Å²) < 4.78 is 2.72. The third-order valence-electron chi connectivity index (χ3n) is 2.25. The molecule has 0 unspecified atom stereocenters. The second kappa shape index (κ2) is 5.40. The number of rotatable bonds is 3. The van der Waals surface area contributed by atoms with Crippen molar-refractivity contribution in [2.75, 3.05) is 7.05 Å². The van der Waals surface area contributed by atoms with E-state index >= 15 is 0 Å². The van der Waals surface area contributed by atoms with Crippen LogP contribution in [0, 0.1) is 0 Å². The molecule has 1 aromatic heterocycles. The summed E-state index contributed by atoms with van der Waals surface area (Å²) in [7, 11) is 1.88. The van der Waals surface area contributed by atoms with Gasteiger partial charge in [-0.15, -0.1) is 0 Å². The van der Waals surface area contributed by atoms with Gasteiger partial charge in [0.1, 0.15) is 0 Å². The number of hydrogen-bond acceptors (Lipinski definition) is 2. The van der Waals surface area contributed by atoms with E-state index in [0.717, 1.165) is 15.9 Å². The summed E-state index contributed by atoms with van der Waals surface area (Å²) in [6.45, 7) is 0.703. The lowest BCUT2D eigenvalue weighted by Gasteiger charge is -2.02. The van der Waals surface area contributed by atoms with Crippen LogP contribution in [0.3, 0.4) is 0 Å². The number of benzene rings is 1. The number of nitrogens with one attached hydrogen (secondary N) is 1. The van der Waals surface area contributed by atoms with Crippen molar-refractivity contribution >= 4 is 39.1 Å². The van der Waals surface area contributed by atoms with Gasteiger partial charge in [-0.1, -0.05) is 23.2 Å². The SMILES string of the molecule is CNCc1nn(-c2ccc(Cl)c(Cl)c2)cc1Br. The van der Waals surface area contributed by atoms with E-state index in [0.29, 0.717) is 16.6 Å². The van der Waals surface area contributed by atoms with Crippen molar-refractivity contribution in [2.24, 2.45) is 0 Å². The minimum atomic E-state index is 0.519. The standard InChI is InChI=1S/C11H10BrCl2N3/c1-15-5-11-8(12)6-17(16-11)7-2-3-9(13)10(14)4-7/h2-4,6,15H,5H2,1H3. The van der Waals surface area contributed by atoms with Crippen LogP contribution in [0.1, 0.15) is 5.69 Å². The monoisotopic (exact) mass is 333 g/mol. The Labute approximate surface area is 118 Å². The average Bonchev–Trinajstić information content (AvgIpc) is 2.65. The van der Waals surface area contributed by atoms with Gasteiger partial charge in [-0.25, -0.2) is 4.68 Å². The molecule has 0 aliphatic heterocycles. The van der Waals surface area contributed by atoms with E-state index in [4.69, 9.17) is 23.2 Å². The van der Waals surface area contributed by atoms with Gasteiger partial charge in [0, 0.05) is 12.7 Å². The van der Waals surface area contributed by atoms with Gasteiger partial charge in [-0.2, -0.15) is 5.10 Å². The van der Waals surface area contributed by atoms with Crippen LogP contribution in [-0.4, -0.2) is 16.8 Å². The molecule has 2 aromatic rings. The summed E-state index contributed by atoms with van der Waals surface area (Å²) >= 11 is 15.3. The Bertz CT molecular complexity index is 540. The first kappa shape index (κ1) is 12.9. The Morgan fingerprint density at radius 2 is 2.12 bits per heavy atom. The van der Waals surface area contributed by atoms with Crippen molar-refractivity contribution in [1.29, 1.82) is 0 Å². The lowest BCUT2D eigenvalue weighted by molar-refractivity contribution is 0.755. The van der Waals surface area contributed by atoms with E-state index in [-0.39, 0.29) is 0 Å². The lowest BCUT2D eigenvalue weighted by atomic mass is 10.3. The van der Waals surface area contributed by atoms with Crippen molar-refractivity contribution in [3.05, 3.63) is 44.6 Å². The molecule has 17 heavy (non-hydrogen) atoms. The maximum atomic E-state index is 5.97. The lowest BCUT2D eigenvalue weighted by Crippen LogP contribution is -2.06. The molecule has 0 atom stereocenters. The van der Waals surface area contributed by atoms with Gasteiger partial charge in [0.25, 0.3) is 0 Å². The van der Waals surface area contributed by atoms with E-state index in [9.17, 15) is 0 Å². The fraction of sp³-hybridized carbons (Fsp3) is 0.182. The Morgan fingerprint density at radius 3 is 2.76 bits per heavy atom. The molecule has 90 valence electrons. The molecule has 0 radical (unpaired) electrons. The third kappa shape index (κ3) is 2.83. The van der Waals surface area contributed by atoms with Crippen molar-refractivity contribution in [1.82, 2.24) is 15.1 Å². The maximum absolute atomic E-state index is 5.97. The first-order valence-electron chi connectivity index (χ1n) is 4.96. The molecule has 0 amide bonds. The summed E-state index contributed by atoms with van der Waals surface area (Å²) in [4.78, 5) is 0. The third-order valence-corrected chi connectivity index (χ3v) is 3.65. The minimum absolute atomic E-state index is 0.519. The molecule has 0 aliphatic carbocycles. The molecule has 0 fully saturated rings. The first-order chi connectivity index (χ1) is 8.11. The van der Waals surface area contributed by atoms with Gasteiger partial charge in [0.05, 0.1) is 25.9 Å². The van der Waals surface area contributed by atoms with Crippen molar-refractivity contribution in [3.8, 4) is 5.69 Å². The molecular weight excluding hydrogens is 325 g/mol. The molecular formula is C11H10BrCl2N3. The fourth-order valence-electron chi connectivity index (χ4n) is 1.44. The number of halogens is 3. The predicted molar refractivity (Wildman–Crippen MR) is 74.0 cm³/mol. The Hall–Kier alpha value is -0.550. The molecule has 0 spiro atoms. The molecule has 2 rings (SSSR count). The normalized spacial score (nSPS) is 10.8. The Balaban J connectivity index is 2.39. The number of hydrogen-bond donors (Lipinski definition) is 1. The average molecular weight is 335 g/mol. The molecule has 0 bridgehead atoms. The van der Waals surface area contributed by atoms with Crippen LogP contribution in [-0.2, 0) is 6.54 Å². The van der Waals surface area contributed by atoms with Crippen LogP contribution in [0.2, 0.25) is 10.0 Å². The van der Waals surface area contributed by atoms with Gasteiger partial charge in [-0.3, -0.25) is 0 Å². The van der Waals surface area contributed by atoms with Crippen molar-refractivity contribution < 1.29 is 0 Å². The summed E-state index contributed by atoms with van der Waals surface area (Å²) in [5.74, 6) is 0. The van der Waals surface area contributed by atoms with E-state index in [1.165, 1.54) is 0 Å². The highest BCUT2D eigenvalue weighted by atomic mass is 79.9. The molecule has 3 nitrogen and oxygen atoms in total. The Kier molecular flexibility index (Phi) is 4.09. The van der Waals surface area contributed by atoms with Crippen LogP contribution in [0.5, 0.6) is 0 Å². The minimum Gasteiger partial charge on any atom is -0.314 e. The second-order valence-corrected chi connectivity index (χ2v) is 5.17. The zero-order valence-electron chi connectivity index (χ0n) is 9.04. The summed E-state index contributed by atoms with van der Waals surface area (Å²) in [6.07, 6.45) is 1.90. The predicted octanol–water partition coefficient (Wildman–Crippen LogP) is 3.66. The zero-order valence-corrected chi connectivity index (χ0v) is 12.1. The first-order valence-corrected chi connectivity index (χ1v) is 6.51. The Morgan fingerprint density at radius 1 is 1.35 bits per heavy atom. The van der Waals surface area contributed by atoms with Gasteiger partial charge >= 0.3 is 0 Å². The maximum Gasteiger partial charge on any atom is 0.0908 e. The van der Waals surface area contributed by atoms with E-state index in [1.807, 2.05) is 19.3 Å². The van der Waals surface area contributed by atoms with E-state index in [1.54, 1.807) is 16.8 Å². The molecule has 0 saturated carbocycles. The van der Waals surface area contributed by atoms with E-state index < -0.39 is 0 Å². The number of aromatic nitrogens is 2. The summed E-state index contributed by atoms with van der Waals surface area (Å²) in [5, 5.41) is 8.56. The summed E-state index contributed by atoms with van der Waals surface area (Å²) in [6, 6.07) is 5.41. The molecule has 6 heteroatoms. The zero-order chi connectivity index (χ0) is 12.4. The topological polar surface area (TPSA) is 29.9 Å². The van der Waals surface area contributed by atoms with Crippen LogP contribution in [0.15, 0.2) is 28.9 Å². The highest BCUT2D eigenvalue weighted by Gasteiger charge is 2.08. The highest BCUT2D eigenvalue weighted by Crippen LogP contribution is 2.25.